The number of pyridine rings is 2. The molecule has 3 aromatic rings. The molecule has 0 spiro atoms. The summed E-state index contributed by atoms with van der Waals surface area (Å²) in [5.74, 6) is 1.68. The minimum atomic E-state index is -1.14. The maximum Gasteiger partial charge on any atom is 0.263 e. The van der Waals surface area contributed by atoms with Gasteiger partial charge in [0.1, 0.15) is 23.6 Å². The van der Waals surface area contributed by atoms with Crippen LogP contribution in [0, 0.1) is 0 Å². The van der Waals surface area contributed by atoms with Crippen LogP contribution in [0.4, 0.5) is 16.0 Å². The Morgan fingerprint density at radius 3 is 2.72 bits per heavy atom. The second-order valence-electron chi connectivity index (χ2n) is 10.4. The molecule has 0 unspecified atom stereocenters. The van der Waals surface area contributed by atoms with Crippen molar-refractivity contribution in [1.82, 2.24) is 19.7 Å². The molecule has 0 bridgehead atoms. The normalized spacial score (nSPS) is 17.7. The molecule has 1 amide bonds. The zero-order valence-electron chi connectivity index (χ0n) is 20.9. The highest BCUT2D eigenvalue weighted by Gasteiger charge is 2.33. The molecular weight excluding hydrogens is 479 g/mol. The molecule has 0 aliphatic carbocycles. The number of hydrogen-bond donors (Lipinski definition) is 0. The third-order valence-corrected chi connectivity index (χ3v) is 8.03. The maximum atomic E-state index is 13.5. The molecule has 5 rings (SSSR count). The number of anilines is 2. The van der Waals surface area contributed by atoms with Gasteiger partial charge in [-0.05, 0) is 30.7 Å². The Morgan fingerprint density at radius 1 is 1.17 bits per heavy atom. The molecule has 0 radical (unpaired) electrons. The Kier molecular flexibility index (Phi) is 6.76. The molecule has 2 aliphatic heterocycles. The van der Waals surface area contributed by atoms with Crippen molar-refractivity contribution >= 4 is 25.6 Å². The highest BCUT2D eigenvalue weighted by Crippen LogP contribution is 2.29. The highest BCUT2D eigenvalue weighted by atomic mass is 28.3. The summed E-state index contributed by atoms with van der Waals surface area (Å²) in [6.07, 6.45) is 4.76. The van der Waals surface area contributed by atoms with E-state index >= 15 is 0 Å². The van der Waals surface area contributed by atoms with Crippen LogP contribution < -0.4 is 14.5 Å². The third kappa shape index (κ3) is 5.41. The van der Waals surface area contributed by atoms with Crippen molar-refractivity contribution in [2.24, 2.45) is 0 Å². The fraction of sp³-hybridized carbons (Fsp3) is 0.440. The van der Waals surface area contributed by atoms with Crippen LogP contribution in [0.1, 0.15) is 22.5 Å². The van der Waals surface area contributed by atoms with Gasteiger partial charge in [0.15, 0.2) is 6.79 Å². The summed E-state index contributed by atoms with van der Waals surface area (Å²) in [6, 6.07) is 8.30. The van der Waals surface area contributed by atoms with Crippen LogP contribution in [0.25, 0.3) is 5.69 Å². The molecule has 0 aromatic carbocycles. The molecule has 0 saturated carbocycles. The van der Waals surface area contributed by atoms with Gasteiger partial charge in [0.25, 0.3) is 5.91 Å². The summed E-state index contributed by atoms with van der Waals surface area (Å²) in [7, 11) is -1.14. The minimum Gasteiger partial charge on any atom is -0.467 e. The van der Waals surface area contributed by atoms with E-state index in [4.69, 9.17) is 9.47 Å². The number of fused-ring (bicyclic) bond motifs is 1. The number of rotatable bonds is 9. The van der Waals surface area contributed by atoms with Gasteiger partial charge in [0.05, 0.1) is 36.2 Å². The molecule has 1 fully saturated rings. The molecule has 1 atom stereocenters. The van der Waals surface area contributed by atoms with E-state index in [2.05, 4.69) is 34.7 Å². The predicted molar refractivity (Wildman–Crippen MR) is 137 cm³/mol. The molecule has 1 saturated heterocycles. The minimum absolute atomic E-state index is 0.160. The summed E-state index contributed by atoms with van der Waals surface area (Å²) in [4.78, 5) is 25.5. The Balaban J connectivity index is 1.21. The van der Waals surface area contributed by atoms with Gasteiger partial charge in [0, 0.05) is 39.7 Å². The standard InChI is InChI=1S/C25H31FN6O3Si/c1-36(2,3)11-10-34-17-35-20-6-8-27-24(12-20)31-16-22-21(25(31)33)15-32(29-22)19-4-5-23(28-13-19)30-9-7-18(26)14-30/h4-6,8,12-13,15,18H,7,9-11,14,16-17H2,1-3H3/t18-/m0/s1. The van der Waals surface area contributed by atoms with E-state index in [9.17, 15) is 9.18 Å². The fourth-order valence-corrected chi connectivity index (χ4v) is 4.96. The highest BCUT2D eigenvalue weighted by molar-refractivity contribution is 6.76. The summed E-state index contributed by atoms with van der Waals surface area (Å²) in [5, 5.41) is 4.60. The molecule has 9 nitrogen and oxygen atoms in total. The monoisotopic (exact) mass is 510 g/mol. The molecule has 0 N–H and O–H groups in total. The van der Waals surface area contributed by atoms with Gasteiger partial charge in [-0.25, -0.2) is 19.0 Å². The number of ether oxygens (including phenoxy) is 2. The Hall–Kier alpha value is -3.31. The first-order chi connectivity index (χ1) is 17.3. The van der Waals surface area contributed by atoms with Crippen molar-refractivity contribution in [3.05, 3.63) is 54.1 Å². The average molecular weight is 511 g/mol. The SMILES string of the molecule is C[Si](C)(C)CCOCOc1ccnc(N2Cc3nn(-c4ccc(N5CC[C@H](F)C5)nc4)cc3C2=O)c1. The lowest BCUT2D eigenvalue weighted by molar-refractivity contribution is 0.0220. The van der Waals surface area contributed by atoms with Gasteiger partial charge in [-0.3, -0.25) is 9.69 Å². The van der Waals surface area contributed by atoms with E-state index in [1.807, 2.05) is 17.0 Å². The largest absolute Gasteiger partial charge is 0.467 e. The lowest BCUT2D eigenvalue weighted by atomic mass is 10.3. The van der Waals surface area contributed by atoms with Gasteiger partial charge < -0.3 is 14.4 Å². The van der Waals surface area contributed by atoms with Gasteiger partial charge in [0.2, 0.25) is 0 Å². The van der Waals surface area contributed by atoms with Crippen molar-refractivity contribution in [2.75, 3.05) is 36.3 Å². The molecule has 36 heavy (non-hydrogen) atoms. The first kappa shape index (κ1) is 24.4. The number of alkyl halides is 1. The van der Waals surface area contributed by atoms with E-state index in [0.29, 0.717) is 55.5 Å². The van der Waals surface area contributed by atoms with Gasteiger partial charge in [-0.1, -0.05) is 19.6 Å². The van der Waals surface area contributed by atoms with Crippen molar-refractivity contribution in [3.63, 3.8) is 0 Å². The predicted octanol–water partition coefficient (Wildman–Crippen LogP) is 4.06. The maximum absolute atomic E-state index is 13.5. The summed E-state index contributed by atoms with van der Waals surface area (Å²) in [5.41, 5.74) is 1.94. The number of aromatic nitrogens is 4. The number of halogens is 1. The zero-order chi connectivity index (χ0) is 25.3. The van der Waals surface area contributed by atoms with E-state index < -0.39 is 14.2 Å². The smallest absolute Gasteiger partial charge is 0.263 e. The van der Waals surface area contributed by atoms with Crippen molar-refractivity contribution in [1.29, 1.82) is 0 Å². The van der Waals surface area contributed by atoms with E-state index in [0.717, 1.165) is 17.5 Å². The van der Waals surface area contributed by atoms with Crippen LogP contribution >= 0.6 is 0 Å². The number of carbonyl (C=O) groups excluding carboxylic acids is 1. The number of nitrogens with zero attached hydrogens (tertiary/aromatic N) is 6. The van der Waals surface area contributed by atoms with Crippen LogP contribution in [0.15, 0.2) is 42.9 Å². The fourth-order valence-electron chi connectivity index (χ4n) is 4.20. The molecule has 11 heteroatoms. The number of amides is 1. The van der Waals surface area contributed by atoms with Crippen LogP contribution in [0.2, 0.25) is 25.7 Å². The van der Waals surface area contributed by atoms with E-state index in [1.54, 1.807) is 40.3 Å². The first-order valence-electron chi connectivity index (χ1n) is 12.2. The topological polar surface area (TPSA) is 85.6 Å². The van der Waals surface area contributed by atoms with Crippen LogP contribution in [0.5, 0.6) is 5.75 Å². The average Bonchev–Trinajstić information content (AvgIpc) is 3.55. The third-order valence-electron chi connectivity index (χ3n) is 6.32. The van der Waals surface area contributed by atoms with Crippen LogP contribution in [0.3, 0.4) is 0 Å². The van der Waals surface area contributed by atoms with Gasteiger partial charge in [-0.15, -0.1) is 0 Å². The molecule has 190 valence electrons. The summed E-state index contributed by atoms with van der Waals surface area (Å²) < 4.78 is 26.5. The lowest BCUT2D eigenvalue weighted by Gasteiger charge is -2.17. The van der Waals surface area contributed by atoms with Crippen molar-refractivity contribution < 1.29 is 18.7 Å². The molecule has 3 aromatic heterocycles. The lowest BCUT2D eigenvalue weighted by Crippen LogP contribution is -2.25. The first-order valence-corrected chi connectivity index (χ1v) is 15.9. The Morgan fingerprint density at radius 2 is 2.03 bits per heavy atom. The second-order valence-corrected chi connectivity index (χ2v) is 16.0. The number of hydrogen-bond acceptors (Lipinski definition) is 7. The second kappa shape index (κ2) is 9.98. The van der Waals surface area contributed by atoms with Gasteiger partial charge >= 0.3 is 0 Å². The van der Waals surface area contributed by atoms with Gasteiger partial charge in [-0.2, -0.15) is 5.10 Å². The summed E-state index contributed by atoms with van der Waals surface area (Å²) in [6.45, 7) is 9.11. The molecule has 2 aliphatic rings. The molecular formula is C25H31FN6O3Si. The zero-order valence-corrected chi connectivity index (χ0v) is 21.9. The molecule has 5 heterocycles. The quantitative estimate of drug-likeness (QED) is 0.244. The Labute approximate surface area is 210 Å². The van der Waals surface area contributed by atoms with Crippen LogP contribution in [-0.2, 0) is 11.3 Å². The Bertz CT molecular complexity index is 1230. The van der Waals surface area contributed by atoms with Crippen molar-refractivity contribution in [2.45, 2.75) is 44.8 Å². The van der Waals surface area contributed by atoms with Crippen LogP contribution in [-0.4, -0.2) is 66.4 Å². The van der Waals surface area contributed by atoms with Crippen molar-refractivity contribution in [3.8, 4) is 11.4 Å². The van der Waals surface area contributed by atoms with E-state index in [-0.39, 0.29) is 12.7 Å². The number of carbonyl (C=O) groups is 1. The summed E-state index contributed by atoms with van der Waals surface area (Å²) >= 11 is 0. The van der Waals surface area contributed by atoms with E-state index in [1.165, 1.54) is 0 Å².